The van der Waals surface area contributed by atoms with Gasteiger partial charge in [0, 0.05) is 32.8 Å². The molecule has 4 rings (SSSR count). The predicted molar refractivity (Wildman–Crippen MR) is 96.5 cm³/mol. The van der Waals surface area contributed by atoms with E-state index in [2.05, 4.69) is 39.1 Å². The van der Waals surface area contributed by atoms with Crippen LogP contribution in [0.1, 0.15) is 48.7 Å². The molecule has 0 radical (unpaired) electrons. The molecule has 144 valence electrons. The topological polar surface area (TPSA) is 98.0 Å². The second-order valence-electron chi connectivity index (χ2n) is 7.48. The van der Waals surface area contributed by atoms with Crippen LogP contribution in [0.4, 0.5) is 0 Å². The second-order valence-corrected chi connectivity index (χ2v) is 7.48. The number of hydrogen-bond acceptors (Lipinski definition) is 7. The van der Waals surface area contributed by atoms with Crippen LogP contribution in [0, 0.1) is 5.92 Å². The molecule has 0 saturated carbocycles. The lowest BCUT2D eigenvalue weighted by molar-refractivity contribution is 0.192. The fraction of sp³-hybridized carbons (Fsp3) is 0.556. The van der Waals surface area contributed by atoms with Crippen molar-refractivity contribution >= 4 is 0 Å². The largest absolute Gasteiger partial charge is 0.380 e. The van der Waals surface area contributed by atoms with E-state index in [0.717, 1.165) is 37.4 Å². The van der Waals surface area contributed by atoms with E-state index < -0.39 is 6.10 Å². The summed E-state index contributed by atoms with van der Waals surface area (Å²) in [6.45, 7) is 7.26. The van der Waals surface area contributed by atoms with E-state index in [1.54, 1.807) is 16.9 Å². The summed E-state index contributed by atoms with van der Waals surface area (Å²) in [5.74, 6) is 1.91. The Kier molecular flexibility index (Phi) is 4.79. The Morgan fingerprint density at radius 3 is 2.89 bits per heavy atom. The molecule has 0 saturated heterocycles. The number of aliphatic hydroxyl groups excluding tert-OH is 1. The minimum absolute atomic E-state index is 0.493. The first-order valence-corrected chi connectivity index (χ1v) is 9.26. The van der Waals surface area contributed by atoms with Crippen LogP contribution in [-0.2, 0) is 33.1 Å². The number of aryl methyl sites for hydroxylation is 1. The van der Waals surface area contributed by atoms with Crippen molar-refractivity contribution in [2.75, 3.05) is 6.54 Å². The van der Waals surface area contributed by atoms with Crippen molar-refractivity contribution in [3.63, 3.8) is 0 Å². The van der Waals surface area contributed by atoms with E-state index in [0.29, 0.717) is 29.9 Å². The summed E-state index contributed by atoms with van der Waals surface area (Å²) in [6, 6.07) is 3.77. The van der Waals surface area contributed by atoms with Gasteiger partial charge in [-0.05, 0) is 18.1 Å². The van der Waals surface area contributed by atoms with Gasteiger partial charge in [0.05, 0.1) is 30.2 Å². The molecule has 0 bridgehead atoms. The van der Waals surface area contributed by atoms with Gasteiger partial charge in [-0.15, -0.1) is 0 Å². The zero-order chi connectivity index (χ0) is 19.0. The number of hydrogen-bond donors (Lipinski definition) is 1. The van der Waals surface area contributed by atoms with Crippen LogP contribution in [0.2, 0.25) is 0 Å². The summed E-state index contributed by atoms with van der Waals surface area (Å²) in [7, 11) is 1.81. The monoisotopic (exact) mass is 371 g/mol. The van der Waals surface area contributed by atoms with Crippen molar-refractivity contribution in [2.24, 2.45) is 13.0 Å². The number of nitrogens with zero attached hydrogens (tertiary/aromatic N) is 7. The summed E-state index contributed by atoms with van der Waals surface area (Å²) in [5, 5.41) is 23.4. The predicted octanol–water partition coefficient (Wildman–Crippen LogP) is 1.30. The maximum Gasteiger partial charge on any atom is 0.226 e. The number of fused-ring (bicyclic) bond motifs is 1. The van der Waals surface area contributed by atoms with Crippen molar-refractivity contribution < 1.29 is 9.63 Å². The Labute approximate surface area is 157 Å². The van der Waals surface area contributed by atoms with Crippen LogP contribution >= 0.6 is 0 Å². The van der Waals surface area contributed by atoms with Gasteiger partial charge in [0.2, 0.25) is 5.89 Å². The van der Waals surface area contributed by atoms with E-state index in [-0.39, 0.29) is 0 Å². The molecule has 9 nitrogen and oxygen atoms in total. The van der Waals surface area contributed by atoms with Gasteiger partial charge in [-0.3, -0.25) is 14.3 Å². The quantitative estimate of drug-likeness (QED) is 0.697. The highest BCUT2D eigenvalue weighted by atomic mass is 16.5. The Morgan fingerprint density at radius 1 is 1.30 bits per heavy atom. The van der Waals surface area contributed by atoms with Gasteiger partial charge in [0.1, 0.15) is 6.10 Å². The molecule has 9 heteroatoms. The number of aromatic nitrogens is 6. The summed E-state index contributed by atoms with van der Waals surface area (Å²) >= 11 is 0. The molecule has 27 heavy (non-hydrogen) atoms. The molecule has 3 aromatic heterocycles. The third kappa shape index (κ3) is 3.79. The van der Waals surface area contributed by atoms with Gasteiger partial charge in [0.15, 0.2) is 5.82 Å². The van der Waals surface area contributed by atoms with E-state index in [1.165, 1.54) is 0 Å². The molecule has 4 heterocycles. The summed E-state index contributed by atoms with van der Waals surface area (Å²) < 4.78 is 8.96. The first-order chi connectivity index (χ1) is 13.0. The second kappa shape index (κ2) is 7.24. The summed E-state index contributed by atoms with van der Waals surface area (Å²) in [5.41, 5.74) is 2.45. The highest BCUT2D eigenvalue weighted by molar-refractivity contribution is 5.22. The molecule has 0 unspecified atom stereocenters. The summed E-state index contributed by atoms with van der Waals surface area (Å²) in [4.78, 5) is 6.75. The van der Waals surface area contributed by atoms with Crippen LogP contribution in [0.25, 0.3) is 0 Å². The Hall–Kier alpha value is -2.52. The molecular formula is C18H25N7O2. The highest BCUT2D eigenvalue weighted by Crippen LogP contribution is 2.23. The molecule has 0 amide bonds. The van der Waals surface area contributed by atoms with Gasteiger partial charge in [-0.2, -0.15) is 15.2 Å². The molecule has 0 aliphatic carbocycles. The normalized spacial score (nSPS) is 16.0. The zero-order valence-electron chi connectivity index (χ0n) is 15.9. The van der Waals surface area contributed by atoms with Crippen molar-refractivity contribution in [2.45, 2.75) is 46.0 Å². The lowest BCUT2D eigenvalue weighted by Gasteiger charge is -2.26. The van der Waals surface area contributed by atoms with Gasteiger partial charge < -0.3 is 9.63 Å². The molecule has 1 N–H and O–H groups in total. The Bertz CT molecular complexity index is 911. The highest BCUT2D eigenvalue weighted by Gasteiger charge is 2.24. The number of rotatable bonds is 6. The van der Waals surface area contributed by atoms with Crippen molar-refractivity contribution in [3.05, 3.63) is 47.1 Å². The number of aliphatic hydroxyl groups is 1. The smallest absolute Gasteiger partial charge is 0.226 e. The molecule has 1 aliphatic heterocycles. The van der Waals surface area contributed by atoms with Crippen LogP contribution in [-0.4, -0.2) is 46.3 Å². The molecule has 0 fully saturated rings. The first kappa shape index (κ1) is 17.9. The van der Waals surface area contributed by atoms with Crippen LogP contribution in [0.5, 0.6) is 0 Å². The standard InChI is InChI=1S/C18H25N7O2/c1-12(2)8-17-20-16(22-27-17)11-24-6-7-25-13(10-24)9-14(21-25)18(26)15-4-5-19-23(15)3/h4-5,9,12,18,26H,6-8,10-11H2,1-3H3/t18-/m0/s1. The van der Waals surface area contributed by atoms with Gasteiger partial charge in [-0.1, -0.05) is 19.0 Å². The molecule has 0 aromatic carbocycles. The van der Waals surface area contributed by atoms with Gasteiger partial charge in [-0.25, -0.2) is 0 Å². The molecule has 1 atom stereocenters. The van der Waals surface area contributed by atoms with Gasteiger partial charge >= 0.3 is 0 Å². The SMILES string of the molecule is CC(C)Cc1nc(CN2CCn3nc([C@H](O)c4ccnn4C)cc3C2)no1. The van der Waals surface area contributed by atoms with Crippen molar-refractivity contribution in [1.82, 2.24) is 34.6 Å². The third-order valence-electron chi connectivity index (χ3n) is 4.77. The van der Waals surface area contributed by atoms with Gasteiger partial charge in [0.25, 0.3) is 0 Å². The minimum Gasteiger partial charge on any atom is -0.380 e. The average molecular weight is 371 g/mol. The first-order valence-electron chi connectivity index (χ1n) is 9.26. The lowest BCUT2D eigenvalue weighted by Crippen LogP contribution is -2.33. The molecule has 0 spiro atoms. The molecule has 1 aliphatic rings. The van der Waals surface area contributed by atoms with E-state index in [4.69, 9.17) is 4.52 Å². The Morgan fingerprint density at radius 2 is 2.15 bits per heavy atom. The van der Waals surface area contributed by atoms with Crippen molar-refractivity contribution in [1.29, 1.82) is 0 Å². The summed E-state index contributed by atoms with van der Waals surface area (Å²) in [6.07, 6.45) is 1.70. The fourth-order valence-electron chi connectivity index (χ4n) is 3.40. The maximum absolute atomic E-state index is 10.6. The van der Waals surface area contributed by atoms with Crippen LogP contribution in [0.15, 0.2) is 22.9 Å². The fourth-order valence-corrected chi connectivity index (χ4v) is 3.40. The van der Waals surface area contributed by atoms with E-state index in [1.807, 2.05) is 17.8 Å². The van der Waals surface area contributed by atoms with Crippen LogP contribution < -0.4 is 0 Å². The molecular weight excluding hydrogens is 346 g/mol. The zero-order valence-corrected chi connectivity index (χ0v) is 15.9. The minimum atomic E-state index is -0.778. The van der Waals surface area contributed by atoms with E-state index >= 15 is 0 Å². The maximum atomic E-state index is 10.6. The average Bonchev–Trinajstić information content (AvgIpc) is 3.33. The van der Waals surface area contributed by atoms with Crippen LogP contribution in [0.3, 0.4) is 0 Å². The third-order valence-corrected chi connectivity index (χ3v) is 4.77. The van der Waals surface area contributed by atoms with Crippen molar-refractivity contribution in [3.8, 4) is 0 Å². The lowest BCUT2D eigenvalue weighted by atomic mass is 10.1. The van der Waals surface area contributed by atoms with E-state index in [9.17, 15) is 5.11 Å². The molecule has 3 aromatic rings. The Balaban J connectivity index is 1.43.